The smallest absolute Gasteiger partial charge is 0.259 e. The predicted octanol–water partition coefficient (Wildman–Crippen LogP) is 5.30. The van der Waals surface area contributed by atoms with E-state index >= 15 is 0 Å². The maximum atomic E-state index is 13.3. The van der Waals surface area contributed by atoms with Gasteiger partial charge in [-0.3, -0.25) is 15.1 Å². The molecule has 10 heteroatoms. The molecule has 0 bridgehead atoms. The number of carbonyl (C=O) groups is 1. The molecule has 1 aliphatic carbocycles. The number of hydrogen-bond acceptors (Lipinski definition) is 8. The number of nitrogens with zero attached hydrogens (tertiary/aromatic N) is 4. The van der Waals surface area contributed by atoms with Gasteiger partial charge in [0.05, 0.1) is 30.7 Å². The average molecular weight is 508 g/mol. The molecule has 0 saturated heterocycles. The first-order chi connectivity index (χ1) is 16.9. The van der Waals surface area contributed by atoms with Crippen molar-refractivity contribution in [3.05, 3.63) is 64.8 Å². The van der Waals surface area contributed by atoms with Crippen molar-refractivity contribution in [3.63, 3.8) is 0 Å². The summed E-state index contributed by atoms with van der Waals surface area (Å²) in [5, 5.41) is 13.4. The number of aryl methyl sites for hydroxylation is 1. The number of anilines is 1. The molecule has 4 heterocycles. The van der Waals surface area contributed by atoms with Crippen molar-refractivity contribution in [1.29, 1.82) is 0 Å². The summed E-state index contributed by atoms with van der Waals surface area (Å²) in [6, 6.07) is 7.30. The third kappa shape index (κ3) is 4.88. The Bertz CT molecular complexity index is 1470. The fourth-order valence-electron chi connectivity index (χ4n) is 4.02. The van der Waals surface area contributed by atoms with E-state index < -0.39 is 0 Å². The molecule has 0 fully saturated rings. The number of aliphatic hydroxyl groups is 1. The highest BCUT2D eigenvalue weighted by Crippen LogP contribution is 2.35. The molecule has 0 saturated carbocycles. The molecule has 178 valence electrons. The number of pyridine rings is 3. The lowest BCUT2D eigenvalue weighted by atomic mass is 9.95. The molecule has 1 unspecified atom stereocenters. The van der Waals surface area contributed by atoms with Crippen molar-refractivity contribution >= 4 is 49.9 Å². The van der Waals surface area contributed by atoms with Gasteiger partial charge in [-0.25, -0.2) is 15.0 Å². The van der Waals surface area contributed by atoms with E-state index in [4.69, 9.17) is 21.3 Å². The molecule has 35 heavy (non-hydrogen) atoms. The van der Waals surface area contributed by atoms with Crippen LogP contribution in [0.1, 0.15) is 41.0 Å². The summed E-state index contributed by atoms with van der Waals surface area (Å²) in [5.74, 6) is 0.140. The second-order valence-electron chi connectivity index (χ2n) is 8.23. The van der Waals surface area contributed by atoms with Crippen LogP contribution in [0.3, 0.4) is 0 Å². The molecule has 0 spiro atoms. The zero-order valence-electron chi connectivity index (χ0n) is 19.1. The van der Waals surface area contributed by atoms with Crippen LogP contribution >= 0.6 is 22.9 Å². The predicted molar refractivity (Wildman–Crippen MR) is 137 cm³/mol. The van der Waals surface area contributed by atoms with E-state index in [1.807, 2.05) is 31.2 Å². The fourth-order valence-corrected chi connectivity index (χ4v) is 5.01. The Morgan fingerprint density at radius 2 is 2.06 bits per heavy atom. The van der Waals surface area contributed by atoms with E-state index in [1.54, 1.807) is 6.07 Å². The van der Waals surface area contributed by atoms with Crippen LogP contribution in [0.2, 0.25) is 5.15 Å². The molecule has 4 aromatic rings. The molecular weight excluding hydrogens is 486 g/mol. The van der Waals surface area contributed by atoms with Gasteiger partial charge in [0, 0.05) is 23.0 Å². The summed E-state index contributed by atoms with van der Waals surface area (Å²) in [4.78, 5) is 31.7. The number of carbonyl (C=O) groups excluding carboxylic acids is 1. The zero-order valence-corrected chi connectivity index (χ0v) is 20.7. The topological polar surface area (TPSA) is 110 Å². The minimum absolute atomic E-state index is 0.281. The number of amides is 1. The number of aliphatic hydroxyl groups excluding tert-OH is 1. The normalized spacial score (nSPS) is 15.7. The highest BCUT2D eigenvalue weighted by atomic mass is 35.5. The highest BCUT2D eigenvalue weighted by Gasteiger charge is 2.20. The van der Waals surface area contributed by atoms with Crippen LogP contribution in [0.25, 0.3) is 27.0 Å². The number of thiazole rings is 1. The number of fused-ring (bicyclic) bond motifs is 1. The number of allylic oxidation sites excluding steroid dienone is 1. The van der Waals surface area contributed by atoms with E-state index in [2.05, 4.69) is 20.3 Å². The van der Waals surface area contributed by atoms with Crippen LogP contribution in [0.4, 0.5) is 5.13 Å². The number of rotatable bonds is 5. The molecule has 1 amide bonds. The van der Waals surface area contributed by atoms with Crippen LogP contribution in [-0.2, 0) is 0 Å². The van der Waals surface area contributed by atoms with Crippen LogP contribution < -0.4 is 10.1 Å². The number of methoxy groups -OCH3 is 1. The maximum Gasteiger partial charge on any atom is 0.259 e. The van der Waals surface area contributed by atoms with Crippen LogP contribution in [0.5, 0.6) is 5.75 Å². The molecule has 4 aromatic heterocycles. The molecule has 1 aliphatic rings. The quantitative estimate of drug-likeness (QED) is 0.353. The average Bonchev–Trinajstić information content (AvgIpc) is 3.25. The van der Waals surface area contributed by atoms with E-state index in [0.29, 0.717) is 39.5 Å². The van der Waals surface area contributed by atoms with E-state index in [1.165, 1.54) is 30.8 Å². The Balaban J connectivity index is 1.45. The van der Waals surface area contributed by atoms with Gasteiger partial charge in [0.2, 0.25) is 0 Å². The molecule has 2 N–H and O–H groups in total. The molecule has 8 nitrogen and oxygen atoms in total. The Morgan fingerprint density at radius 3 is 2.83 bits per heavy atom. The summed E-state index contributed by atoms with van der Waals surface area (Å²) in [6.45, 7) is 1.85. The molecule has 0 radical (unpaired) electrons. The van der Waals surface area contributed by atoms with Gasteiger partial charge in [-0.05, 0) is 56.0 Å². The van der Waals surface area contributed by atoms with E-state index in [0.717, 1.165) is 34.6 Å². The van der Waals surface area contributed by atoms with Crippen LogP contribution in [0.15, 0.2) is 42.7 Å². The third-order valence-electron chi connectivity index (χ3n) is 5.82. The van der Waals surface area contributed by atoms with Gasteiger partial charge >= 0.3 is 0 Å². The number of ether oxygens (including phenoxy) is 1. The van der Waals surface area contributed by atoms with Gasteiger partial charge in [0.25, 0.3) is 5.91 Å². The highest BCUT2D eigenvalue weighted by molar-refractivity contribution is 7.22. The summed E-state index contributed by atoms with van der Waals surface area (Å²) in [5.41, 5.74) is 5.07. The Kier molecular flexibility index (Phi) is 6.46. The summed E-state index contributed by atoms with van der Waals surface area (Å²) >= 11 is 7.44. The first-order valence-electron chi connectivity index (χ1n) is 11.0. The lowest BCUT2D eigenvalue weighted by Gasteiger charge is -2.16. The summed E-state index contributed by atoms with van der Waals surface area (Å²) in [7, 11) is 1.54. The Morgan fingerprint density at radius 1 is 1.20 bits per heavy atom. The van der Waals surface area contributed by atoms with Gasteiger partial charge in [-0.15, -0.1) is 0 Å². The molecule has 0 aliphatic heterocycles. The van der Waals surface area contributed by atoms with Crippen molar-refractivity contribution in [2.24, 2.45) is 0 Å². The van der Waals surface area contributed by atoms with Crippen LogP contribution in [-0.4, -0.2) is 44.2 Å². The van der Waals surface area contributed by atoms with Crippen molar-refractivity contribution in [2.75, 3.05) is 12.4 Å². The van der Waals surface area contributed by atoms with Crippen molar-refractivity contribution in [2.45, 2.75) is 32.3 Å². The largest absolute Gasteiger partial charge is 0.494 e. The van der Waals surface area contributed by atoms with Gasteiger partial charge in [0.15, 0.2) is 5.13 Å². The van der Waals surface area contributed by atoms with Crippen molar-refractivity contribution in [3.8, 4) is 16.9 Å². The number of aromatic nitrogens is 4. The minimum Gasteiger partial charge on any atom is -0.494 e. The molecule has 1 atom stereocenters. The third-order valence-corrected chi connectivity index (χ3v) is 6.90. The van der Waals surface area contributed by atoms with Gasteiger partial charge < -0.3 is 9.84 Å². The SMILES string of the molecule is COc1cnc(Cl)cc1-c1cc(C)ncc1C(=O)Nc1nc2ccc(C3=CCC(O)CC3)nc2s1. The number of nitrogens with one attached hydrogen (secondary N) is 1. The minimum atomic E-state index is -0.356. The van der Waals surface area contributed by atoms with Gasteiger partial charge in [0.1, 0.15) is 21.2 Å². The molecular formula is C25H22ClN5O3S. The lowest BCUT2D eigenvalue weighted by molar-refractivity contribution is 0.102. The first-order valence-corrected chi connectivity index (χ1v) is 12.2. The Hall–Kier alpha value is -3.40. The van der Waals surface area contributed by atoms with Gasteiger partial charge in [-0.2, -0.15) is 0 Å². The fraction of sp³-hybridized carbons (Fsp3) is 0.240. The van der Waals surface area contributed by atoms with Crippen LogP contribution in [0, 0.1) is 6.92 Å². The maximum absolute atomic E-state index is 13.3. The second-order valence-corrected chi connectivity index (χ2v) is 9.59. The standard InChI is InChI=1S/C25H22ClN5O3S/c1-13-9-16(17-10-22(26)28-12-21(17)34-2)18(11-27-13)23(33)31-25-30-20-8-7-19(29-24(20)35-25)14-3-5-15(32)6-4-14/h3,7-12,15,32H,4-6H2,1-2H3,(H,30,31,33). The van der Waals surface area contributed by atoms with E-state index in [-0.39, 0.29) is 17.2 Å². The summed E-state index contributed by atoms with van der Waals surface area (Å²) < 4.78 is 5.44. The Labute approximate surface area is 210 Å². The number of hydrogen-bond donors (Lipinski definition) is 2. The van der Waals surface area contributed by atoms with E-state index in [9.17, 15) is 9.90 Å². The van der Waals surface area contributed by atoms with Crippen molar-refractivity contribution < 1.29 is 14.6 Å². The van der Waals surface area contributed by atoms with Gasteiger partial charge in [-0.1, -0.05) is 29.0 Å². The summed E-state index contributed by atoms with van der Waals surface area (Å²) in [6.07, 6.45) is 6.97. The lowest BCUT2D eigenvalue weighted by Crippen LogP contribution is -2.14. The first kappa shape index (κ1) is 23.3. The second kappa shape index (κ2) is 9.69. The molecule has 5 rings (SSSR count). The monoisotopic (exact) mass is 507 g/mol. The number of halogens is 1. The zero-order chi connectivity index (χ0) is 24.5. The molecule has 0 aromatic carbocycles. The van der Waals surface area contributed by atoms with Crippen molar-refractivity contribution in [1.82, 2.24) is 19.9 Å².